The van der Waals surface area contributed by atoms with Gasteiger partial charge in [0.1, 0.15) is 11.5 Å². The lowest BCUT2D eigenvalue weighted by Gasteiger charge is -2.23. The van der Waals surface area contributed by atoms with Crippen LogP contribution in [0.4, 0.5) is 0 Å². The molecule has 1 aromatic rings. The minimum absolute atomic E-state index is 0.0501. The van der Waals surface area contributed by atoms with E-state index in [0.29, 0.717) is 17.1 Å². The number of methoxy groups -OCH3 is 3. The average Bonchev–Trinajstić information content (AvgIpc) is 2.50. The molecule has 1 rings (SSSR count). The number of rotatable bonds is 7. The lowest BCUT2D eigenvalue weighted by Crippen LogP contribution is -2.34. The Labute approximate surface area is 118 Å². The van der Waals surface area contributed by atoms with E-state index >= 15 is 0 Å². The molecule has 112 valence electrons. The van der Waals surface area contributed by atoms with Crippen molar-refractivity contribution in [3.8, 4) is 11.5 Å². The lowest BCUT2D eigenvalue weighted by molar-refractivity contribution is -0.142. The van der Waals surface area contributed by atoms with Crippen molar-refractivity contribution < 1.29 is 24.1 Å². The van der Waals surface area contributed by atoms with E-state index in [2.05, 4.69) is 10.1 Å². The molecule has 0 aliphatic heterocycles. The normalized spacial score (nSPS) is 13.4. The first-order valence-electron chi connectivity index (χ1n) is 6.21. The van der Waals surface area contributed by atoms with Crippen LogP contribution in [0.25, 0.3) is 0 Å². The Hall–Kier alpha value is -1.79. The van der Waals surface area contributed by atoms with Gasteiger partial charge in [-0.1, -0.05) is 0 Å². The molecule has 0 fully saturated rings. The minimum Gasteiger partial charge on any atom is -0.497 e. The topological polar surface area (TPSA) is 77.0 Å². The number of aliphatic hydroxyl groups is 1. The molecule has 0 aromatic heterocycles. The highest BCUT2D eigenvalue weighted by atomic mass is 16.5. The summed E-state index contributed by atoms with van der Waals surface area (Å²) >= 11 is 0. The maximum absolute atomic E-state index is 11.4. The molecule has 0 saturated carbocycles. The summed E-state index contributed by atoms with van der Waals surface area (Å²) in [6.07, 6.45) is -0.877. The first kappa shape index (κ1) is 16.3. The van der Waals surface area contributed by atoms with Gasteiger partial charge in [-0.25, -0.2) is 0 Å². The number of carbonyl (C=O) groups excluding carboxylic acids is 1. The van der Waals surface area contributed by atoms with Gasteiger partial charge < -0.3 is 24.6 Å². The number of nitrogens with one attached hydrogen (secondary N) is 1. The fraction of sp³-hybridized carbons (Fsp3) is 0.500. The molecule has 2 unspecified atom stereocenters. The number of carbonyl (C=O) groups is 1. The molecule has 1 aromatic carbocycles. The monoisotopic (exact) mass is 283 g/mol. The van der Waals surface area contributed by atoms with Gasteiger partial charge >= 0.3 is 5.97 Å². The molecule has 0 aliphatic carbocycles. The van der Waals surface area contributed by atoms with Crippen molar-refractivity contribution in [3.63, 3.8) is 0 Å². The van der Waals surface area contributed by atoms with Gasteiger partial charge in [0.2, 0.25) is 0 Å². The Morgan fingerprint density at radius 3 is 2.50 bits per heavy atom. The van der Waals surface area contributed by atoms with E-state index in [1.807, 2.05) is 0 Å². The maximum atomic E-state index is 11.4. The Morgan fingerprint density at radius 2 is 2.00 bits per heavy atom. The summed E-state index contributed by atoms with van der Waals surface area (Å²) in [4.78, 5) is 11.4. The second kappa shape index (κ2) is 7.72. The number of benzene rings is 1. The molecule has 0 amide bonds. The Bertz CT molecular complexity index is 449. The fourth-order valence-electron chi connectivity index (χ4n) is 1.92. The second-order valence-electron chi connectivity index (χ2n) is 4.23. The van der Waals surface area contributed by atoms with Gasteiger partial charge in [0, 0.05) is 11.6 Å². The van der Waals surface area contributed by atoms with Gasteiger partial charge in [0.25, 0.3) is 0 Å². The summed E-state index contributed by atoms with van der Waals surface area (Å²) in [5, 5.41) is 13.4. The Balaban J connectivity index is 3.03. The van der Waals surface area contributed by atoms with E-state index in [9.17, 15) is 9.90 Å². The first-order chi connectivity index (χ1) is 9.57. The van der Waals surface area contributed by atoms with Crippen LogP contribution in [0.5, 0.6) is 11.5 Å². The number of aliphatic hydroxyl groups excluding tert-OH is 1. The number of esters is 1. The zero-order valence-electron chi connectivity index (χ0n) is 12.2. The molecule has 20 heavy (non-hydrogen) atoms. The number of hydrogen-bond donors (Lipinski definition) is 2. The molecule has 0 saturated heterocycles. The molecular formula is C14H21NO5. The minimum atomic E-state index is -0.927. The largest absolute Gasteiger partial charge is 0.497 e. The van der Waals surface area contributed by atoms with Gasteiger partial charge in [0.15, 0.2) is 0 Å². The number of ether oxygens (including phenoxy) is 3. The highest BCUT2D eigenvalue weighted by molar-refractivity contribution is 5.70. The van der Waals surface area contributed by atoms with Crippen LogP contribution in [0.1, 0.15) is 18.1 Å². The molecule has 0 radical (unpaired) electrons. The van der Waals surface area contributed by atoms with Gasteiger partial charge in [0.05, 0.1) is 33.9 Å². The molecule has 0 spiro atoms. The molecule has 0 bridgehead atoms. The summed E-state index contributed by atoms with van der Waals surface area (Å²) in [7, 11) is 6.05. The van der Waals surface area contributed by atoms with E-state index in [1.54, 1.807) is 32.4 Å². The third-order valence-electron chi connectivity index (χ3n) is 3.12. The van der Waals surface area contributed by atoms with E-state index in [0.717, 1.165) is 0 Å². The van der Waals surface area contributed by atoms with Crippen LogP contribution in [0.3, 0.4) is 0 Å². The third kappa shape index (κ3) is 3.85. The predicted octanol–water partition coefficient (Wildman–Crippen LogP) is 0.888. The predicted molar refractivity (Wildman–Crippen MR) is 74.0 cm³/mol. The average molecular weight is 283 g/mol. The lowest BCUT2D eigenvalue weighted by atomic mass is 9.98. The molecule has 6 heteroatoms. The van der Waals surface area contributed by atoms with Crippen LogP contribution in [-0.2, 0) is 9.53 Å². The van der Waals surface area contributed by atoms with Gasteiger partial charge in [-0.05, 0) is 25.2 Å². The van der Waals surface area contributed by atoms with Crippen LogP contribution < -0.4 is 14.8 Å². The zero-order valence-corrected chi connectivity index (χ0v) is 12.2. The van der Waals surface area contributed by atoms with Gasteiger partial charge in [-0.3, -0.25) is 4.79 Å². The van der Waals surface area contributed by atoms with Crippen molar-refractivity contribution in [1.82, 2.24) is 5.32 Å². The van der Waals surface area contributed by atoms with Crippen molar-refractivity contribution in [1.29, 1.82) is 0 Å². The SMILES string of the molecule is CNC(CC(=O)OC)C(O)c1cc(OC)ccc1OC. The van der Waals surface area contributed by atoms with Crippen molar-refractivity contribution in [2.45, 2.75) is 18.6 Å². The summed E-state index contributed by atoms with van der Waals surface area (Å²) in [5.41, 5.74) is 0.551. The summed E-state index contributed by atoms with van der Waals surface area (Å²) in [6, 6.07) is 4.65. The standard InChI is InChI=1S/C14H21NO5/c1-15-11(8-13(16)20-4)14(17)10-7-9(18-2)5-6-12(10)19-3/h5-7,11,14-15,17H,8H2,1-4H3. The molecule has 6 nitrogen and oxygen atoms in total. The Morgan fingerprint density at radius 1 is 1.30 bits per heavy atom. The zero-order chi connectivity index (χ0) is 15.1. The third-order valence-corrected chi connectivity index (χ3v) is 3.12. The summed E-state index contributed by atoms with van der Waals surface area (Å²) < 4.78 is 15.0. The highest BCUT2D eigenvalue weighted by Crippen LogP contribution is 2.31. The molecule has 0 aliphatic rings. The molecular weight excluding hydrogens is 262 g/mol. The van der Waals surface area contributed by atoms with E-state index < -0.39 is 18.1 Å². The number of hydrogen-bond acceptors (Lipinski definition) is 6. The van der Waals surface area contributed by atoms with Crippen LogP contribution >= 0.6 is 0 Å². The smallest absolute Gasteiger partial charge is 0.307 e. The second-order valence-corrected chi connectivity index (χ2v) is 4.23. The number of likely N-dealkylation sites (N-methyl/N-ethyl adjacent to an activating group) is 1. The van der Waals surface area contributed by atoms with Gasteiger partial charge in [-0.2, -0.15) is 0 Å². The van der Waals surface area contributed by atoms with Gasteiger partial charge in [-0.15, -0.1) is 0 Å². The molecule has 2 N–H and O–H groups in total. The van der Waals surface area contributed by atoms with Crippen molar-refractivity contribution in [3.05, 3.63) is 23.8 Å². The van der Waals surface area contributed by atoms with Crippen LogP contribution in [0, 0.1) is 0 Å². The highest BCUT2D eigenvalue weighted by Gasteiger charge is 2.25. The first-order valence-corrected chi connectivity index (χ1v) is 6.21. The quantitative estimate of drug-likeness (QED) is 0.724. The fourth-order valence-corrected chi connectivity index (χ4v) is 1.92. The van der Waals surface area contributed by atoms with Crippen LogP contribution in [-0.4, -0.2) is 45.5 Å². The van der Waals surface area contributed by atoms with Crippen molar-refractivity contribution in [2.24, 2.45) is 0 Å². The summed E-state index contributed by atoms with van der Waals surface area (Å²) in [6.45, 7) is 0. The van der Waals surface area contributed by atoms with Crippen molar-refractivity contribution in [2.75, 3.05) is 28.4 Å². The Kier molecular flexibility index (Phi) is 6.27. The van der Waals surface area contributed by atoms with Crippen LogP contribution in [0.15, 0.2) is 18.2 Å². The van der Waals surface area contributed by atoms with E-state index in [1.165, 1.54) is 14.2 Å². The molecule has 2 atom stereocenters. The van der Waals surface area contributed by atoms with E-state index in [4.69, 9.17) is 9.47 Å². The summed E-state index contributed by atoms with van der Waals surface area (Å²) in [5.74, 6) is 0.737. The van der Waals surface area contributed by atoms with Crippen LogP contribution in [0.2, 0.25) is 0 Å². The van der Waals surface area contributed by atoms with E-state index in [-0.39, 0.29) is 6.42 Å². The van der Waals surface area contributed by atoms with Crippen molar-refractivity contribution >= 4 is 5.97 Å². The maximum Gasteiger partial charge on any atom is 0.307 e. The molecule has 0 heterocycles.